The molecule has 0 saturated carbocycles. The van der Waals surface area contributed by atoms with Crippen molar-refractivity contribution in [2.45, 2.75) is 19.4 Å². The van der Waals surface area contributed by atoms with Crippen molar-refractivity contribution < 1.29 is 9.53 Å². The van der Waals surface area contributed by atoms with Crippen LogP contribution >= 0.6 is 0 Å². The van der Waals surface area contributed by atoms with E-state index >= 15 is 0 Å². The molecule has 0 unspecified atom stereocenters. The van der Waals surface area contributed by atoms with Gasteiger partial charge in [-0.1, -0.05) is 18.2 Å². The molecule has 3 aromatic rings. The molecule has 138 valence electrons. The summed E-state index contributed by atoms with van der Waals surface area (Å²) in [5.41, 5.74) is 3.62. The number of aromatic nitrogens is 1. The van der Waals surface area contributed by atoms with Crippen LogP contribution in [0.5, 0.6) is 5.88 Å². The normalized spacial score (nSPS) is 13.7. The summed E-state index contributed by atoms with van der Waals surface area (Å²) in [7, 11) is 1.64. The predicted octanol–water partition coefficient (Wildman–Crippen LogP) is 4.09. The van der Waals surface area contributed by atoms with Crippen LogP contribution in [0.25, 0.3) is 10.9 Å². The van der Waals surface area contributed by atoms with Crippen LogP contribution in [0.15, 0.2) is 54.6 Å². The highest BCUT2D eigenvalue weighted by molar-refractivity contribution is 5.94. The standard InChI is InChI=1S/C22H23N3O2/c1-27-21-18(14-17-6-2-3-7-20(17)24-21)15-23-19-10-8-16(9-11-19)22(26)25-12-4-5-13-25/h2-3,6-11,14,23H,4-5,12-13,15H2,1H3. The molecule has 1 amide bonds. The van der Waals surface area contributed by atoms with E-state index in [-0.39, 0.29) is 5.91 Å². The Morgan fingerprint density at radius 1 is 1.11 bits per heavy atom. The number of amides is 1. The minimum absolute atomic E-state index is 0.124. The van der Waals surface area contributed by atoms with Crippen molar-refractivity contribution in [2.24, 2.45) is 0 Å². The van der Waals surface area contributed by atoms with Gasteiger partial charge in [0.2, 0.25) is 5.88 Å². The van der Waals surface area contributed by atoms with Crippen LogP contribution in [0.2, 0.25) is 0 Å². The van der Waals surface area contributed by atoms with Crippen LogP contribution in [-0.4, -0.2) is 36.0 Å². The van der Waals surface area contributed by atoms with E-state index in [1.54, 1.807) is 7.11 Å². The first-order valence-electron chi connectivity index (χ1n) is 9.30. The Hall–Kier alpha value is -3.08. The number of fused-ring (bicyclic) bond motifs is 1. The Bertz CT molecular complexity index is 947. The van der Waals surface area contributed by atoms with Crippen molar-refractivity contribution in [2.75, 3.05) is 25.5 Å². The summed E-state index contributed by atoms with van der Waals surface area (Å²) in [6.07, 6.45) is 2.21. The van der Waals surface area contributed by atoms with E-state index in [2.05, 4.69) is 16.4 Å². The first-order valence-corrected chi connectivity index (χ1v) is 9.30. The van der Waals surface area contributed by atoms with E-state index in [1.807, 2.05) is 53.4 Å². The number of carbonyl (C=O) groups is 1. The van der Waals surface area contributed by atoms with Crippen LogP contribution in [0.4, 0.5) is 5.69 Å². The number of hydrogen-bond acceptors (Lipinski definition) is 4. The first-order chi connectivity index (χ1) is 13.2. The molecule has 1 aliphatic heterocycles. The van der Waals surface area contributed by atoms with Crippen LogP contribution in [0.3, 0.4) is 0 Å². The maximum Gasteiger partial charge on any atom is 0.253 e. The molecular weight excluding hydrogens is 338 g/mol. The van der Waals surface area contributed by atoms with Crippen LogP contribution in [-0.2, 0) is 6.54 Å². The monoisotopic (exact) mass is 361 g/mol. The largest absolute Gasteiger partial charge is 0.481 e. The molecule has 1 aromatic heterocycles. The van der Waals surface area contributed by atoms with Crippen LogP contribution in [0, 0.1) is 0 Å². The third kappa shape index (κ3) is 3.72. The van der Waals surface area contributed by atoms with Gasteiger partial charge in [0.05, 0.1) is 12.6 Å². The lowest BCUT2D eigenvalue weighted by Gasteiger charge is -2.15. The molecule has 5 nitrogen and oxygen atoms in total. The molecule has 2 aromatic carbocycles. The lowest BCUT2D eigenvalue weighted by Crippen LogP contribution is -2.27. The molecule has 0 atom stereocenters. The van der Waals surface area contributed by atoms with Crippen molar-refractivity contribution in [3.63, 3.8) is 0 Å². The van der Waals surface area contributed by atoms with Crippen LogP contribution in [0.1, 0.15) is 28.8 Å². The zero-order valence-corrected chi connectivity index (χ0v) is 15.4. The molecule has 2 heterocycles. The average Bonchev–Trinajstić information content (AvgIpc) is 3.26. The number of pyridine rings is 1. The SMILES string of the molecule is COc1nc2ccccc2cc1CNc1ccc(C(=O)N2CCCC2)cc1. The van der Waals surface area contributed by atoms with Gasteiger partial charge in [0.15, 0.2) is 0 Å². The quantitative estimate of drug-likeness (QED) is 0.744. The van der Waals surface area contributed by atoms with E-state index < -0.39 is 0 Å². The number of benzene rings is 2. The number of nitrogens with one attached hydrogen (secondary N) is 1. The van der Waals surface area contributed by atoms with Crippen molar-refractivity contribution in [1.82, 2.24) is 9.88 Å². The first kappa shape index (κ1) is 17.3. The second kappa shape index (κ2) is 7.66. The molecular formula is C22H23N3O2. The van der Waals surface area contributed by atoms with Gasteiger partial charge in [-0.3, -0.25) is 4.79 Å². The molecule has 27 heavy (non-hydrogen) atoms. The average molecular weight is 361 g/mol. The Morgan fingerprint density at radius 3 is 2.59 bits per heavy atom. The third-order valence-corrected chi connectivity index (χ3v) is 4.96. The Morgan fingerprint density at radius 2 is 1.85 bits per heavy atom. The summed E-state index contributed by atoms with van der Waals surface area (Å²) >= 11 is 0. The van der Waals surface area contributed by atoms with Crippen molar-refractivity contribution in [3.05, 3.63) is 65.7 Å². The molecule has 0 radical (unpaired) electrons. The smallest absolute Gasteiger partial charge is 0.253 e. The highest BCUT2D eigenvalue weighted by Crippen LogP contribution is 2.23. The maximum absolute atomic E-state index is 12.4. The number of ether oxygens (including phenoxy) is 1. The van der Waals surface area contributed by atoms with Gasteiger partial charge in [-0.15, -0.1) is 0 Å². The van der Waals surface area contributed by atoms with Gasteiger partial charge in [0.1, 0.15) is 0 Å². The van der Waals surface area contributed by atoms with Gasteiger partial charge in [-0.05, 0) is 49.2 Å². The predicted molar refractivity (Wildman–Crippen MR) is 107 cm³/mol. The minimum Gasteiger partial charge on any atom is -0.481 e. The van der Waals surface area contributed by atoms with Crippen LogP contribution < -0.4 is 10.1 Å². The maximum atomic E-state index is 12.4. The lowest BCUT2D eigenvalue weighted by molar-refractivity contribution is 0.0793. The summed E-state index contributed by atoms with van der Waals surface area (Å²) in [5, 5.41) is 4.48. The number of likely N-dealkylation sites (tertiary alicyclic amines) is 1. The van der Waals surface area contributed by atoms with Crippen molar-refractivity contribution in [1.29, 1.82) is 0 Å². The van der Waals surface area contributed by atoms with Gasteiger partial charge < -0.3 is 15.0 Å². The Balaban J connectivity index is 1.47. The summed E-state index contributed by atoms with van der Waals surface area (Å²) in [5.74, 6) is 0.751. The number of carbonyl (C=O) groups excluding carboxylic acids is 1. The van der Waals surface area contributed by atoms with Crippen molar-refractivity contribution >= 4 is 22.5 Å². The molecule has 0 spiro atoms. The summed E-state index contributed by atoms with van der Waals surface area (Å²) in [4.78, 5) is 18.9. The fourth-order valence-electron chi connectivity index (χ4n) is 3.48. The van der Waals surface area contributed by atoms with E-state index in [1.165, 1.54) is 0 Å². The zero-order valence-electron chi connectivity index (χ0n) is 15.4. The van der Waals surface area contributed by atoms with Gasteiger partial charge in [-0.2, -0.15) is 0 Å². The zero-order chi connectivity index (χ0) is 18.6. The molecule has 0 aliphatic carbocycles. The van der Waals surface area contributed by atoms with E-state index in [9.17, 15) is 4.79 Å². The molecule has 0 bridgehead atoms. The molecule has 1 N–H and O–H groups in total. The van der Waals surface area contributed by atoms with Gasteiger partial charge in [0, 0.05) is 41.8 Å². The minimum atomic E-state index is 0.124. The van der Waals surface area contributed by atoms with E-state index in [0.717, 1.165) is 53.6 Å². The number of anilines is 1. The fraction of sp³-hybridized carbons (Fsp3) is 0.273. The molecule has 1 saturated heterocycles. The fourth-order valence-corrected chi connectivity index (χ4v) is 3.48. The molecule has 1 aliphatic rings. The summed E-state index contributed by atoms with van der Waals surface area (Å²) < 4.78 is 5.45. The Labute approximate surface area is 159 Å². The highest BCUT2D eigenvalue weighted by Gasteiger charge is 2.19. The van der Waals surface area contributed by atoms with Gasteiger partial charge >= 0.3 is 0 Å². The Kier molecular flexibility index (Phi) is 4.92. The molecule has 4 rings (SSSR count). The molecule has 5 heteroatoms. The number of hydrogen-bond donors (Lipinski definition) is 1. The number of nitrogens with zero attached hydrogens (tertiary/aromatic N) is 2. The summed E-state index contributed by atoms with van der Waals surface area (Å²) in [6.45, 7) is 2.33. The second-order valence-corrected chi connectivity index (χ2v) is 6.78. The number of rotatable bonds is 5. The molecule has 1 fully saturated rings. The second-order valence-electron chi connectivity index (χ2n) is 6.78. The summed E-state index contributed by atoms with van der Waals surface area (Å²) in [6, 6.07) is 17.8. The number of para-hydroxylation sites is 1. The number of methoxy groups -OCH3 is 1. The highest BCUT2D eigenvalue weighted by atomic mass is 16.5. The topological polar surface area (TPSA) is 54.5 Å². The van der Waals surface area contributed by atoms with Crippen molar-refractivity contribution in [3.8, 4) is 5.88 Å². The van der Waals surface area contributed by atoms with E-state index in [0.29, 0.717) is 12.4 Å². The van der Waals surface area contributed by atoms with E-state index in [4.69, 9.17) is 4.74 Å². The van der Waals surface area contributed by atoms with Gasteiger partial charge in [-0.25, -0.2) is 4.98 Å². The third-order valence-electron chi connectivity index (χ3n) is 4.96. The lowest BCUT2D eigenvalue weighted by atomic mass is 10.1. The van der Waals surface area contributed by atoms with Gasteiger partial charge in [0.25, 0.3) is 5.91 Å².